The number of ether oxygens (including phenoxy) is 1. The number of aliphatic carboxylic acids is 1. The maximum Gasteiger partial charge on any atom is 0.329 e. The van der Waals surface area contributed by atoms with Gasteiger partial charge in [0, 0.05) is 11.6 Å². The fourth-order valence-electron chi connectivity index (χ4n) is 2.98. The molecule has 1 aromatic heterocycles. The van der Waals surface area contributed by atoms with Crippen molar-refractivity contribution in [2.45, 2.75) is 31.2 Å². The monoisotopic (exact) mass is 286 g/mol. The van der Waals surface area contributed by atoms with Gasteiger partial charge in [0.1, 0.15) is 17.1 Å². The summed E-state index contributed by atoms with van der Waals surface area (Å²) < 4.78 is 5.22. The smallest absolute Gasteiger partial charge is 0.329 e. The van der Waals surface area contributed by atoms with E-state index in [1.807, 2.05) is 24.3 Å². The largest absolute Gasteiger partial charge is 0.497 e. The minimum atomic E-state index is -0.888. The van der Waals surface area contributed by atoms with E-state index in [-0.39, 0.29) is 0 Å². The molecule has 2 N–H and O–H groups in total. The topological polar surface area (TPSA) is 71.5 Å². The first-order chi connectivity index (χ1) is 10.1. The zero-order chi connectivity index (χ0) is 14.9. The molecule has 0 unspecified atom stereocenters. The van der Waals surface area contributed by atoms with E-state index in [1.165, 1.54) is 0 Å². The van der Waals surface area contributed by atoms with Crippen LogP contribution in [0.5, 0.6) is 5.75 Å². The van der Waals surface area contributed by atoms with E-state index in [9.17, 15) is 9.90 Å². The SMILES string of the molecule is COc1ccc2c(NC3(C(=O)O)CCCC3)nccc2c1. The van der Waals surface area contributed by atoms with Crippen molar-refractivity contribution in [3.05, 3.63) is 30.5 Å². The Bertz CT molecular complexity index is 678. The van der Waals surface area contributed by atoms with Crippen molar-refractivity contribution in [3.8, 4) is 5.75 Å². The molecule has 21 heavy (non-hydrogen) atoms. The number of carboxylic acids is 1. The molecule has 0 saturated heterocycles. The van der Waals surface area contributed by atoms with Crippen LogP contribution in [-0.4, -0.2) is 28.7 Å². The van der Waals surface area contributed by atoms with Crippen LogP contribution < -0.4 is 10.1 Å². The maximum atomic E-state index is 11.7. The minimum absolute atomic E-state index is 0.624. The van der Waals surface area contributed by atoms with Crippen molar-refractivity contribution < 1.29 is 14.6 Å². The molecule has 5 heteroatoms. The average Bonchev–Trinajstić information content (AvgIpc) is 2.97. The highest BCUT2D eigenvalue weighted by Crippen LogP contribution is 2.35. The minimum Gasteiger partial charge on any atom is -0.497 e. The predicted molar refractivity (Wildman–Crippen MR) is 80.8 cm³/mol. The molecule has 0 spiro atoms. The van der Waals surface area contributed by atoms with Gasteiger partial charge in [0.15, 0.2) is 0 Å². The normalized spacial score (nSPS) is 16.8. The quantitative estimate of drug-likeness (QED) is 0.904. The summed E-state index contributed by atoms with van der Waals surface area (Å²) in [5.74, 6) is 0.597. The zero-order valence-corrected chi connectivity index (χ0v) is 11.9. The Morgan fingerprint density at radius 2 is 2.10 bits per heavy atom. The lowest BCUT2D eigenvalue weighted by Gasteiger charge is -2.26. The number of carbonyl (C=O) groups is 1. The van der Waals surface area contributed by atoms with Crippen LogP contribution in [0.1, 0.15) is 25.7 Å². The molecule has 1 aromatic carbocycles. The lowest BCUT2D eigenvalue weighted by molar-refractivity contribution is -0.142. The first-order valence-electron chi connectivity index (χ1n) is 7.09. The summed E-state index contributed by atoms with van der Waals surface area (Å²) in [5, 5.41) is 14.6. The van der Waals surface area contributed by atoms with Gasteiger partial charge in [0.25, 0.3) is 0 Å². The van der Waals surface area contributed by atoms with E-state index in [2.05, 4.69) is 10.3 Å². The second-order valence-electron chi connectivity index (χ2n) is 5.47. The van der Waals surface area contributed by atoms with Crippen LogP contribution in [-0.2, 0) is 4.79 Å². The number of carboxylic acid groups (broad SMARTS) is 1. The maximum absolute atomic E-state index is 11.7. The molecule has 5 nitrogen and oxygen atoms in total. The number of nitrogens with zero attached hydrogens (tertiary/aromatic N) is 1. The third-order valence-electron chi connectivity index (χ3n) is 4.20. The van der Waals surface area contributed by atoms with Gasteiger partial charge in [-0.2, -0.15) is 0 Å². The Hall–Kier alpha value is -2.30. The van der Waals surface area contributed by atoms with Gasteiger partial charge in [-0.3, -0.25) is 0 Å². The van der Waals surface area contributed by atoms with Gasteiger partial charge >= 0.3 is 5.97 Å². The van der Waals surface area contributed by atoms with Crippen molar-refractivity contribution in [1.82, 2.24) is 4.98 Å². The van der Waals surface area contributed by atoms with E-state index in [0.29, 0.717) is 18.7 Å². The fraction of sp³-hybridized carbons (Fsp3) is 0.375. The number of fused-ring (bicyclic) bond motifs is 1. The van der Waals surface area contributed by atoms with E-state index in [4.69, 9.17) is 4.74 Å². The van der Waals surface area contributed by atoms with Crippen LogP contribution in [0.3, 0.4) is 0 Å². The second-order valence-corrected chi connectivity index (χ2v) is 5.47. The van der Waals surface area contributed by atoms with Gasteiger partial charge in [-0.05, 0) is 42.5 Å². The molecule has 2 aromatic rings. The van der Waals surface area contributed by atoms with E-state index < -0.39 is 11.5 Å². The van der Waals surface area contributed by atoms with Crippen LogP contribution in [0.2, 0.25) is 0 Å². The molecule has 0 amide bonds. The Balaban J connectivity index is 2.02. The fourth-order valence-corrected chi connectivity index (χ4v) is 2.98. The molecular weight excluding hydrogens is 268 g/mol. The van der Waals surface area contributed by atoms with Crippen LogP contribution in [0.4, 0.5) is 5.82 Å². The first kappa shape index (κ1) is 13.7. The summed E-state index contributed by atoms with van der Waals surface area (Å²) in [4.78, 5) is 16.0. The molecule has 0 aliphatic heterocycles. The number of benzene rings is 1. The van der Waals surface area contributed by atoms with Crippen molar-refractivity contribution >= 4 is 22.6 Å². The third-order valence-corrected chi connectivity index (χ3v) is 4.20. The van der Waals surface area contributed by atoms with Gasteiger partial charge in [-0.1, -0.05) is 12.8 Å². The molecule has 110 valence electrons. The van der Waals surface area contributed by atoms with Gasteiger partial charge in [-0.25, -0.2) is 9.78 Å². The molecule has 0 bridgehead atoms. The third kappa shape index (κ3) is 2.39. The van der Waals surface area contributed by atoms with Crippen molar-refractivity contribution in [3.63, 3.8) is 0 Å². The summed E-state index contributed by atoms with van der Waals surface area (Å²) in [6, 6.07) is 7.58. The van der Waals surface area contributed by atoms with Crippen molar-refractivity contribution in [2.75, 3.05) is 12.4 Å². The van der Waals surface area contributed by atoms with E-state index in [0.717, 1.165) is 29.4 Å². The number of pyridine rings is 1. The van der Waals surface area contributed by atoms with Crippen LogP contribution >= 0.6 is 0 Å². The summed E-state index contributed by atoms with van der Waals surface area (Å²) in [5.41, 5.74) is -0.888. The molecular formula is C16H18N2O3. The molecule has 1 saturated carbocycles. The highest BCUT2D eigenvalue weighted by Gasteiger charge is 2.41. The zero-order valence-electron chi connectivity index (χ0n) is 11.9. The van der Waals surface area contributed by atoms with Crippen LogP contribution in [0, 0.1) is 0 Å². The van der Waals surface area contributed by atoms with Gasteiger partial charge in [0.2, 0.25) is 0 Å². The molecule has 1 fully saturated rings. The van der Waals surface area contributed by atoms with Crippen LogP contribution in [0.15, 0.2) is 30.5 Å². The second kappa shape index (κ2) is 5.24. The average molecular weight is 286 g/mol. The van der Waals surface area contributed by atoms with Gasteiger partial charge in [-0.15, -0.1) is 0 Å². The summed E-state index contributed by atoms with van der Waals surface area (Å²) in [7, 11) is 1.62. The number of hydrogen-bond donors (Lipinski definition) is 2. The van der Waals surface area contributed by atoms with Gasteiger partial charge < -0.3 is 15.2 Å². The Labute approximate surface area is 123 Å². The van der Waals surface area contributed by atoms with Crippen molar-refractivity contribution in [2.24, 2.45) is 0 Å². The number of rotatable bonds is 4. The number of nitrogens with one attached hydrogen (secondary N) is 1. The Morgan fingerprint density at radius 3 is 2.76 bits per heavy atom. The molecule has 1 heterocycles. The lowest BCUT2D eigenvalue weighted by atomic mass is 9.97. The molecule has 3 rings (SSSR count). The van der Waals surface area contributed by atoms with Gasteiger partial charge in [0.05, 0.1) is 7.11 Å². The Kier molecular flexibility index (Phi) is 3.41. The first-order valence-corrected chi connectivity index (χ1v) is 7.09. The Morgan fingerprint density at radius 1 is 1.33 bits per heavy atom. The lowest BCUT2D eigenvalue weighted by Crippen LogP contribution is -2.43. The number of methoxy groups -OCH3 is 1. The van der Waals surface area contributed by atoms with E-state index in [1.54, 1.807) is 13.3 Å². The van der Waals surface area contributed by atoms with Crippen molar-refractivity contribution in [1.29, 1.82) is 0 Å². The summed E-state index contributed by atoms with van der Waals surface area (Å²) in [6.07, 6.45) is 4.82. The molecule has 1 aliphatic rings. The highest BCUT2D eigenvalue weighted by molar-refractivity contribution is 5.95. The molecule has 0 radical (unpaired) electrons. The standard InChI is InChI=1S/C16H18N2O3/c1-21-12-4-5-13-11(10-12)6-9-17-14(13)18-16(15(19)20)7-2-3-8-16/h4-6,9-10H,2-3,7-8H2,1H3,(H,17,18)(H,19,20). The summed E-state index contributed by atoms with van der Waals surface area (Å²) >= 11 is 0. The highest BCUT2D eigenvalue weighted by atomic mass is 16.5. The number of aromatic nitrogens is 1. The molecule has 0 atom stereocenters. The number of anilines is 1. The van der Waals surface area contributed by atoms with Crippen LogP contribution in [0.25, 0.3) is 10.8 Å². The van der Waals surface area contributed by atoms with E-state index >= 15 is 0 Å². The number of hydrogen-bond acceptors (Lipinski definition) is 4. The summed E-state index contributed by atoms with van der Waals surface area (Å²) in [6.45, 7) is 0. The predicted octanol–water partition coefficient (Wildman–Crippen LogP) is 3.05. The molecule has 1 aliphatic carbocycles.